The minimum Gasteiger partial charge on any atom is -0.481 e. The molecule has 29 heavy (non-hydrogen) atoms. The fourth-order valence-corrected chi connectivity index (χ4v) is 3.31. The van der Waals surface area contributed by atoms with Crippen molar-refractivity contribution in [1.29, 1.82) is 0 Å². The molecule has 0 radical (unpaired) electrons. The Morgan fingerprint density at radius 3 is 2.55 bits per heavy atom. The Labute approximate surface area is 169 Å². The summed E-state index contributed by atoms with van der Waals surface area (Å²) in [5, 5.41) is 2.91. The zero-order valence-electron chi connectivity index (χ0n) is 16.4. The lowest BCUT2D eigenvalue weighted by Crippen LogP contribution is -2.38. The molecule has 0 bridgehead atoms. The molecule has 4 rings (SSSR count). The molecule has 1 heterocycles. The van der Waals surface area contributed by atoms with E-state index in [4.69, 9.17) is 4.74 Å². The summed E-state index contributed by atoms with van der Waals surface area (Å²) in [6, 6.07) is 20.8. The maximum absolute atomic E-state index is 12.6. The van der Waals surface area contributed by atoms with Gasteiger partial charge in [-0.05, 0) is 54.8 Å². The zero-order valence-corrected chi connectivity index (χ0v) is 16.4. The third kappa shape index (κ3) is 3.99. The Hall–Kier alpha value is -3.60. The number of hydrogen-bond donors (Lipinski definition) is 1. The maximum atomic E-state index is 12.6. The molecule has 0 fully saturated rings. The fourth-order valence-electron chi connectivity index (χ4n) is 3.31. The predicted octanol–water partition coefficient (Wildman–Crippen LogP) is 4.48. The van der Waals surface area contributed by atoms with Crippen molar-refractivity contribution >= 4 is 23.2 Å². The summed E-state index contributed by atoms with van der Waals surface area (Å²) < 4.78 is 5.62. The normalized spacial score (nSPS) is 12.9. The smallest absolute Gasteiger partial charge is 0.265 e. The third-order valence-electron chi connectivity index (χ3n) is 5.11. The first-order valence-corrected chi connectivity index (χ1v) is 9.51. The number of anilines is 2. The van der Waals surface area contributed by atoms with Crippen molar-refractivity contribution in [2.45, 2.75) is 20.4 Å². The summed E-state index contributed by atoms with van der Waals surface area (Å²) in [4.78, 5) is 26.7. The maximum Gasteiger partial charge on any atom is 0.265 e. The number of ether oxygens (including phenoxy) is 1. The molecule has 0 spiro atoms. The van der Waals surface area contributed by atoms with E-state index in [1.54, 1.807) is 17.0 Å². The Balaban J connectivity index is 1.55. The number of nitrogens with one attached hydrogen (secondary N) is 1. The van der Waals surface area contributed by atoms with Gasteiger partial charge in [-0.2, -0.15) is 0 Å². The van der Waals surface area contributed by atoms with Crippen LogP contribution in [-0.4, -0.2) is 18.4 Å². The summed E-state index contributed by atoms with van der Waals surface area (Å²) in [5.41, 5.74) is 5.19. The molecule has 0 aliphatic carbocycles. The van der Waals surface area contributed by atoms with Crippen LogP contribution in [-0.2, 0) is 11.3 Å². The summed E-state index contributed by atoms with van der Waals surface area (Å²) in [6.07, 6.45) is 0. The molecule has 0 saturated heterocycles. The highest BCUT2D eigenvalue weighted by atomic mass is 16.5. The lowest BCUT2D eigenvalue weighted by molar-refractivity contribution is -0.121. The minimum atomic E-state index is -0.180. The van der Waals surface area contributed by atoms with Crippen molar-refractivity contribution in [3.05, 3.63) is 89.0 Å². The molecular weight excluding hydrogens is 364 g/mol. The van der Waals surface area contributed by atoms with Crippen molar-refractivity contribution in [3.8, 4) is 5.75 Å². The topological polar surface area (TPSA) is 58.6 Å². The van der Waals surface area contributed by atoms with E-state index in [9.17, 15) is 9.59 Å². The minimum absolute atomic E-state index is 0.0195. The van der Waals surface area contributed by atoms with Crippen LogP contribution in [0.4, 0.5) is 11.4 Å². The fraction of sp³-hybridized carbons (Fsp3) is 0.167. The van der Waals surface area contributed by atoms with Crippen LogP contribution < -0.4 is 15.0 Å². The lowest BCUT2D eigenvalue weighted by atomic mass is 10.1. The second-order valence-corrected chi connectivity index (χ2v) is 7.19. The molecule has 5 nitrogen and oxygen atoms in total. The number of benzene rings is 3. The predicted molar refractivity (Wildman–Crippen MR) is 113 cm³/mol. The van der Waals surface area contributed by atoms with Crippen molar-refractivity contribution in [2.24, 2.45) is 0 Å². The van der Waals surface area contributed by atoms with Gasteiger partial charge in [0.25, 0.3) is 11.8 Å². The Bertz CT molecular complexity index is 1080. The van der Waals surface area contributed by atoms with Gasteiger partial charge in [-0.15, -0.1) is 0 Å². The van der Waals surface area contributed by atoms with Crippen LogP contribution in [0.2, 0.25) is 0 Å². The number of nitrogens with zero attached hydrogens (tertiary/aromatic N) is 1. The van der Waals surface area contributed by atoms with Crippen LogP contribution in [0, 0.1) is 13.8 Å². The molecule has 0 aromatic heterocycles. The molecule has 0 unspecified atom stereocenters. The number of rotatable bonds is 4. The summed E-state index contributed by atoms with van der Waals surface area (Å²) >= 11 is 0. The number of amides is 2. The van der Waals surface area contributed by atoms with Crippen LogP contribution in [0.3, 0.4) is 0 Å². The molecule has 3 aromatic carbocycles. The van der Waals surface area contributed by atoms with Gasteiger partial charge in [0.2, 0.25) is 0 Å². The molecule has 5 heteroatoms. The molecular formula is C24H22N2O3. The first-order valence-electron chi connectivity index (χ1n) is 9.51. The van der Waals surface area contributed by atoms with Gasteiger partial charge in [-0.3, -0.25) is 9.59 Å². The van der Waals surface area contributed by atoms with Gasteiger partial charge in [-0.1, -0.05) is 36.4 Å². The molecule has 1 aliphatic rings. The van der Waals surface area contributed by atoms with E-state index in [2.05, 4.69) is 5.32 Å². The van der Waals surface area contributed by atoms with Gasteiger partial charge in [-0.25, -0.2) is 0 Å². The van der Waals surface area contributed by atoms with Crippen LogP contribution in [0.5, 0.6) is 5.75 Å². The summed E-state index contributed by atoms with van der Waals surface area (Å²) in [6.45, 7) is 4.45. The van der Waals surface area contributed by atoms with Crippen molar-refractivity contribution in [2.75, 3.05) is 16.8 Å². The molecule has 146 valence electrons. The van der Waals surface area contributed by atoms with Crippen molar-refractivity contribution in [1.82, 2.24) is 0 Å². The Kier molecular flexibility index (Phi) is 5.04. The number of carbonyl (C=O) groups excluding carboxylic acids is 2. The molecule has 0 atom stereocenters. The van der Waals surface area contributed by atoms with E-state index in [0.717, 1.165) is 16.7 Å². The first kappa shape index (κ1) is 18.7. The van der Waals surface area contributed by atoms with Crippen molar-refractivity contribution in [3.63, 3.8) is 0 Å². The molecule has 1 N–H and O–H groups in total. The van der Waals surface area contributed by atoms with E-state index in [1.807, 2.05) is 68.4 Å². The largest absolute Gasteiger partial charge is 0.481 e. The van der Waals surface area contributed by atoms with Gasteiger partial charge < -0.3 is 15.0 Å². The number of fused-ring (bicyclic) bond motifs is 1. The average Bonchev–Trinajstić information content (AvgIpc) is 2.73. The van der Waals surface area contributed by atoms with E-state index >= 15 is 0 Å². The molecule has 3 aromatic rings. The third-order valence-corrected chi connectivity index (χ3v) is 5.11. The van der Waals surface area contributed by atoms with Crippen LogP contribution in [0.25, 0.3) is 0 Å². The molecule has 0 saturated carbocycles. The van der Waals surface area contributed by atoms with E-state index < -0.39 is 0 Å². The van der Waals surface area contributed by atoms with Gasteiger partial charge >= 0.3 is 0 Å². The molecule has 2 amide bonds. The highest BCUT2D eigenvalue weighted by Crippen LogP contribution is 2.35. The summed E-state index contributed by atoms with van der Waals surface area (Å²) in [5.74, 6) is 0.313. The highest BCUT2D eigenvalue weighted by molar-refractivity contribution is 6.05. The second-order valence-electron chi connectivity index (χ2n) is 7.19. The number of carbonyl (C=O) groups is 2. The summed E-state index contributed by atoms with van der Waals surface area (Å²) in [7, 11) is 0. The van der Waals surface area contributed by atoms with E-state index in [-0.39, 0.29) is 18.4 Å². The van der Waals surface area contributed by atoms with E-state index in [0.29, 0.717) is 29.2 Å². The second kappa shape index (κ2) is 7.80. The van der Waals surface area contributed by atoms with Gasteiger partial charge in [0.1, 0.15) is 5.75 Å². The van der Waals surface area contributed by atoms with Gasteiger partial charge in [0.05, 0.1) is 12.2 Å². The monoisotopic (exact) mass is 386 g/mol. The number of hydrogen-bond acceptors (Lipinski definition) is 3. The standard InChI is InChI=1S/C24H22N2O3/c1-16-8-9-19(12-17(16)2)24(28)25-20-10-11-21-22(13-20)29-15-23(27)26(21)14-18-6-4-3-5-7-18/h3-13H,14-15H2,1-2H3,(H,25,28). The quantitative estimate of drug-likeness (QED) is 0.719. The average molecular weight is 386 g/mol. The van der Waals surface area contributed by atoms with Gasteiger partial charge in [0, 0.05) is 17.3 Å². The van der Waals surface area contributed by atoms with E-state index in [1.165, 1.54) is 0 Å². The van der Waals surface area contributed by atoms with Crippen LogP contribution >= 0.6 is 0 Å². The van der Waals surface area contributed by atoms with Gasteiger partial charge in [0.15, 0.2) is 6.61 Å². The highest BCUT2D eigenvalue weighted by Gasteiger charge is 2.26. The van der Waals surface area contributed by atoms with Crippen LogP contribution in [0.1, 0.15) is 27.0 Å². The van der Waals surface area contributed by atoms with Crippen molar-refractivity contribution < 1.29 is 14.3 Å². The Morgan fingerprint density at radius 1 is 1.00 bits per heavy atom. The first-order chi connectivity index (χ1) is 14.0. The lowest BCUT2D eigenvalue weighted by Gasteiger charge is -2.29. The number of aryl methyl sites for hydroxylation is 2. The molecule has 1 aliphatic heterocycles. The SMILES string of the molecule is Cc1ccc(C(=O)Nc2ccc3c(c2)OCC(=O)N3Cc2ccccc2)cc1C. The Morgan fingerprint density at radius 2 is 1.79 bits per heavy atom. The van der Waals surface area contributed by atoms with Crippen LogP contribution in [0.15, 0.2) is 66.7 Å². The zero-order chi connectivity index (χ0) is 20.4.